The lowest BCUT2D eigenvalue weighted by Crippen LogP contribution is -2.30. The SMILES string of the molecule is CCCN(CCO)CCN=C(Nc1ccccc1C)c1ccccc1S. The van der Waals surface area contributed by atoms with E-state index in [-0.39, 0.29) is 6.61 Å². The number of hydrogen-bond acceptors (Lipinski definition) is 4. The van der Waals surface area contributed by atoms with Crippen LogP contribution in [0, 0.1) is 6.92 Å². The molecule has 26 heavy (non-hydrogen) atoms. The lowest BCUT2D eigenvalue weighted by molar-refractivity contribution is 0.199. The molecule has 140 valence electrons. The van der Waals surface area contributed by atoms with Gasteiger partial charge in [0.05, 0.1) is 13.2 Å². The van der Waals surface area contributed by atoms with Gasteiger partial charge in [-0.1, -0.05) is 43.3 Å². The molecule has 0 fully saturated rings. The summed E-state index contributed by atoms with van der Waals surface area (Å²) in [5.41, 5.74) is 3.21. The molecule has 0 unspecified atom stereocenters. The zero-order chi connectivity index (χ0) is 18.8. The summed E-state index contributed by atoms with van der Waals surface area (Å²) in [6.07, 6.45) is 1.07. The first-order valence-corrected chi connectivity index (χ1v) is 9.59. The van der Waals surface area contributed by atoms with Gasteiger partial charge in [-0.3, -0.25) is 9.89 Å². The molecular formula is C21H29N3OS. The number of thiol groups is 1. The molecule has 0 heterocycles. The molecule has 0 amide bonds. The predicted molar refractivity (Wildman–Crippen MR) is 114 cm³/mol. The number of hydrogen-bond donors (Lipinski definition) is 3. The molecule has 0 aliphatic carbocycles. The topological polar surface area (TPSA) is 47.9 Å². The van der Waals surface area contributed by atoms with Gasteiger partial charge >= 0.3 is 0 Å². The fourth-order valence-electron chi connectivity index (χ4n) is 2.80. The maximum absolute atomic E-state index is 9.21. The minimum Gasteiger partial charge on any atom is -0.395 e. The number of para-hydroxylation sites is 1. The highest BCUT2D eigenvalue weighted by atomic mass is 32.1. The molecule has 2 aromatic rings. The van der Waals surface area contributed by atoms with Gasteiger partial charge in [0.1, 0.15) is 5.84 Å². The zero-order valence-corrected chi connectivity index (χ0v) is 16.5. The fourth-order valence-corrected chi connectivity index (χ4v) is 3.07. The van der Waals surface area contributed by atoms with E-state index in [1.807, 2.05) is 36.4 Å². The number of nitrogens with one attached hydrogen (secondary N) is 1. The Morgan fingerprint density at radius 1 is 1.08 bits per heavy atom. The van der Waals surface area contributed by atoms with Crippen LogP contribution in [0.5, 0.6) is 0 Å². The maximum atomic E-state index is 9.21. The van der Waals surface area contributed by atoms with Crippen LogP contribution in [0.2, 0.25) is 0 Å². The van der Waals surface area contributed by atoms with Gasteiger partial charge in [0.15, 0.2) is 0 Å². The first-order valence-electron chi connectivity index (χ1n) is 9.14. The second-order valence-corrected chi connectivity index (χ2v) is 6.73. The number of aliphatic hydroxyl groups is 1. The number of aliphatic hydroxyl groups excluding tert-OH is 1. The second-order valence-electron chi connectivity index (χ2n) is 6.25. The van der Waals surface area contributed by atoms with Gasteiger partial charge in [0, 0.05) is 29.2 Å². The number of aryl methyl sites for hydroxylation is 1. The van der Waals surface area contributed by atoms with Crippen LogP contribution in [-0.2, 0) is 0 Å². The Balaban J connectivity index is 2.20. The Morgan fingerprint density at radius 3 is 2.50 bits per heavy atom. The van der Waals surface area contributed by atoms with Gasteiger partial charge in [-0.2, -0.15) is 0 Å². The van der Waals surface area contributed by atoms with Crippen molar-refractivity contribution >= 4 is 24.2 Å². The molecule has 0 saturated carbocycles. The van der Waals surface area contributed by atoms with Crippen LogP contribution in [0.25, 0.3) is 0 Å². The van der Waals surface area contributed by atoms with Crippen LogP contribution in [0.3, 0.4) is 0 Å². The Hall–Kier alpha value is -1.82. The highest BCUT2D eigenvalue weighted by molar-refractivity contribution is 7.80. The van der Waals surface area contributed by atoms with Crippen LogP contribution in [0.4, 0.5) is 5.69 Å². The predicted octanol–water partition coefficient (Wildman–Crippen LogP) is 3.85. The van der Waals surface area contributed by atoms with Crippen molar-refractivity contribution in [2.24, 2.45) is 4.99 Å². The van der Waals surface area contributed by atoms with Crippen molar-refractivity contribution < 1.29 is 5.11 Å². The first kappa shape index (κ1) is 20.5. The van der Waals surface area contributed by atoms with Crippen LogP contribution in [-0.4, -0.2) is 48.6 Å². The average molecular weight is 372 g/mol. The molecule has 0 atom stereocenters. The van der Waals surface area contributed by atoms with Crippen LogP contribution in [0.1, 0.15) is 24.5 Å². The third kappa shape index (κ3) is 6.16. The Kier molecular flexibility index (Phi) is 8.68. The lowest BCUT2D eigenvalue weighted by atomic mass is 10.1. The number of benzene rings is 2. The van der Waals surface area contributed by atoms with E-state index in [0.29, 0.717) is 13.1 Å². The van der Waals surface area contributed by atoms with Crippen molar-refractivity contribution in [3.05, 3.63) is 59.7 Å². The molecule has 2 aromatic carbocycles. The van der Waals surface area contributed by atoms with E-state index in [9.17, 15) is 5.11 Å². The Morgan fingerprint density at radius 2 is 1.81 bits per heavy atom. The van der Waals surface area contributed by atoms with E-state index in [4.69, 9.17) is 4.99 Å². The van der Waals surface area contributed by atoms with Gasteiger partial charge in [0.25, 0.3) is 0 Å². The highest BCUT2D eigenvalue weighted by Crippen LogP contribution is 2.19. The summed E-state index contributed by atoms with van der Waals surface area (Å²) in [5, 5.41) is 12.7. The molecule has 0 saturated heterocycles. The van der Waals surface area contributed by atoms with Crippen molar-refractivity contribution in [2.75, 3.05) is 38.1 Å². The monoisotopic (exact) mass is 371 g/mol. The summed E-state index contributed by atoms with van der Waals surface area (Å²) in [5.74, 6) is 0.824. The summed E-state index contributed by atoms with van der Waals surface area (Å²) >= 11 is 4.59. The van der Waals surface area contributed by atoms with Gasteiger partial charge in [-0.15, -0.1) is 12.6 Å². The molecule has 4 nitrogen and oxygen atoms in total. The van der Waals surface area contributed by atoms with E-state index in [0.717, 1.165) is 41.5 Å². The van der Waals surface area contributed by atoms with Crippen LogP contribution < -0.4 is 5.32 Å². The second kappa shape index (κ2) is 11.0. The summed E-state index contributed by atoms with van der Waals surface area (Å²) < 4.78 is 0. The van der Waals surface area contributed by atoms with Crippen molar-refractivity contribution in [3.8, 4) is 0 Å². The minimum absolute atomic E-state index is 0.178. The molecule has 0 aliphatic rings. The van der Waals surface area contributed by atoms with Crippen molar-refractivity contribution in [3.63, 3.8) is 0 Å². The van der Waals surface area contributed by atoms with E-state index in [1.165, 1.54) is 5.56 Å². The third-order valence-corrected chi connectivity index (χ3v) is 4.59. The fraction of sp³-hybridized carbons (Fsp3) is 0.381. The van der Waals surface area contributed by atoms with Gasteiger partial charge in [0.2, 0.25) is 0 Å². The molecule has 5 heteroatoms. The van der Waals surface area contributed by atoms with Gasteiger partial charge in [-0.05, 0) is 37.6 Å². The zero-order valence-electron chi connectivity index (χ0n) is 15.7. The molecule has 0 bridgehead atoms. The third-order valence-electron chi connectivity index (χ3n) is 4.20. The molecule has 2 rings (SSSR count). The summed E-state index contributed by atoms with van der Waals surface area (Å²) in [6.45, 7) is 7.55. The average Bonchev–Trinajstić information content (AvgIpc) is 2.63. The number of anilines is 1. The van der Waals surface area contributed by atoms with Gasteiger partial charge < -0.3 is 10.4 Å². The van der Waals surface area contributed by atoms with Crippen molar-refractivity contribution in [1.82, 2.24) is 4.90 Å². The van der Waals surface area contributed by atoms with E-state index < -0.39 is 0 Å². The summed E-state index contributed by atoms with van der Waals surface area (Å²) in [4.78, 5) is 7.96. The number of nitrogens with zero attached hydrogens (tertiary/aromatic N) is 2. The van der Waals surface area contributed by atoms with Crippen molar-refractivity contribution in [1.29, 1.82) is 0 Å². The number of aliphatic imine (C=N–C) groups is 1. The van der Waals surface area contributed by atoms with Crippen LogP contribution in [0.15, 0.2) is 58.4 Å². The summed E-state index contributed by atoms with van der Waals surface area (Å²) in [6, 6.07) is 16.2. The Labute approximate surface area is 162 Å². The standard InChI is InChI=1S/C21H29N3OS/c1-3-13-24(15-16-25)14-12-22-21(18-9-5-7-11-20(18)26)23-19-10-6-4-8-17(19)2/h4-11,25-26H,3,12-16H2,1-2H3,(H,22,23). The molecule has 2 N–H and O–H groups in total. The molecule has 0 radical (unpaired) electrons. The quantitative estimate of drug-likeness (QED) is 0.356. The molecule has 0 aromatic heterocycles. The maximum Gasteiger partial charge on any atom is 0.133 e. The number of amidine groups is 1. The van der Waals surface area contributed by atoms with Gasteiger partial charge in [-0.25, -0.2) is 0 Å². The smallest absolute Gasteiger partial charge is 0.133 e. The minimum atomic E-state index is 0.178. The molecule has 0 spiro atoms. The van der Waals surface area contributed by atoms with Crippen molar-refractivity contribution in [2.45, 2.75) is 25.2 Å². The van der Waals surface area contributed by atoms with Crippen LogP contribution >= 0.6 is 12.6 Å². The number of rotatable bonds is 9. The summed E-state index contributed by atoms with van der Waals surface area (Å²) in [7, 11) is 0. The first-order chi connectivity index (χ1) is 12.7. The van der Waals surface area contributed by atoms with E-state index in [2.05, 4.69) is 48.8 Å². The lowest BCUT2D eigenvalue weighted by Gasteiger charge is -2.20. The normalized spacial score (nSPS) is 11.8. The largest absolute Gasteiger partial charge is 0.395 e. The Bertz CT molecular complexity index is 712. The molecule has 0 aliphatic heterocycles. The van der Waals surface area contributed by atoms with E-state index in [1.54, 1.807) is 0 Å². The molecular weight excluding hydrogens is 342 g/mol. The van der Waals surface area contributed by atoms with E-state index >= 15 is 0 Å². The highest BCUT2D eigenvalue weighted by Gasteiger charge is 2.09.